The van der Waals surface area contributed by atoms with Gasteiger partial charge in [0.1, 0.15) is 0 Å². The van der Waals surface area contributed by atoms with Crippen LogP contribution in [-0.2, 0) is 0 Å². The topological polar surface area (TPSA) is 12.0 Å². The van der Waals surface area contributed by atoms with Crippen molar-refractivity contribution in [2.75, 3.05) is 0 Å². The maximum absolute atomic E-state index is 4.56. The van der Waals surface area contributed by atoms with Crippen molar-refractivity contribution in [3.63, 3.8) is 0 Å². The van der Waals surface area contributed by atoms with Gasteiger partial charge in [0.25, 0.3) is 0 Å². The third kappa shape index (κ3) is 2.98. The van der Waals surface area contributed by atoms with E-state index in [1.54, 1.807) is 0 Å². The van der Waals surface area contributed by atoms with Crippen LogP contribution in [0.25, 0.3) is 0 Å². The molecule has 0 aromatic rings. The minimum atomic E-state index is 0.0998. The Kier molecular flexibility index (Phi) is 3.47. The van der Waals surface area contributed by atoms with E-state index in [9.17, 15) is 0 Å². The van der Waals surface area contributed by atoms with E-state index in [0.717, 1.165) is 6.04 Å². The molecule has 1 N–H and O–H groups in total. The van der Waals surface area contributed by atoms with E-state index < -0.39 is 0 Å². The predicted molar refractivity (Wildman–Crippen MR) is 57.9 cm³/mol. The standard InChI is InChI=1S/C10H21NS/c1-8(10(2,3)12)11-9-6-4-5-7-9/h8-9,11-12H,4-7H2,1-3H3. The average Bonchev–Trinajstić information content (AvgIpc) is 2.37. The number of hydrogen-bond donors (Lipinski definition) is 2. The van der Waals surface area contributed by atoms with Crippen LogP contribution in [0.2, 0.25) is 0 Å². The zero-order chi connectivity index (χ0) is 9.19. The first kappa shape index (κ1) is 10.4. The van der Waals surface area contributed by atoms with Gasteiger partial charge in [0.05, 0.1) is 0 Å². The summed E-state index contributed by atoms with van der Waals surface area (Å²) in [6, 6.07) is 1.26. The molecule has 1 fully saturated rings. The van der Waals surface area contributed by atoms with Crippen molar-refractivity contribution in [3.05, 3.63) is 0 Å². The van der Waals surface area contributed by atoms with E-state index in [2.05, 4.69) is 38.7 Å². The number of thiol groups is 1. The fourth-order valence-corrected chi connectivity index (χ4v) is 1.72. The molecule has 1 rings (SSSR count). The molecule has 1 saturated carbocycles. The molecule has 0 bridgehead atoms. The summed E-state index contributed by atoms with van der Waals surface area (Å²) < 4.78 is 0.0998. The Morgan fingerprint density at radius 3 is 2.25 bits per heavy atom. The predicted octanol–water partition coefficient (Wildman–Crippen LogP) is 2.62. The SMILES string of the molecule is CC(NC1CCCC1)C(C)(C)S. The lowest BCUT2D eigenvalue weighted by molar-refractivity contribution is 0.399. The zero-order valence-corrected chi connectivity index (χ0v) is 9.32. The second kappa shape index (κ2) is 4.01. The van der Waals surface area contributed by atoms with Gasteiger partial charge >= 0.3 is 0 Å². The lowest BCUT2D eigenvalue weighted by atomic mass is 10.0. The molecule has 72 valence electrons. The molecule has 1 atom stereocenters. The lowest BCUT2D eigenvalue weighted by Crippen LogP contribution is -2.45. The van der Waals surface area contributed by atoms with Gasteiger partial charge in [0.2, 0.25) is 0 Å². The Bertz CT molecular complexity index is 133. The molecule has 12 heavy (non-hydrogen) atoms. The van der Waals surface area contributed by atoms with Crippen LogP contribution in [0.4, 0.5) is 0 Å². The van der Waals surface area contributed by atoms with Crippen molar-refractivity contribution >= 4 is 12.6 Å². The van der Waals surface area contributed by atoms with Crippen molar-refractivity contribution in [2.45, 2.75) is 63.3 Å². The third-order valence-electron chi connectivity index (χ3n) is 2.90. The van der Waals surface area contributed by atoms with Gasteiger partial charge in [0, 0.05) is 16.8 Å². The molecule has 1 unspecified atom stereocenters. The second-order valence-corrected chi connectivity index (χ2v) is 5.68. The van der Waals surface area contributed by atoms with Gasteiger partial charge in [-0.05, 0) is 33.6 Å². The largest absolute Gasteiger partial charge is 0.310 e. The van der Waals surface area contributed by atoms with Crippen LogP contribution in [0.15, 0.2) is 0 Å². The molecule has 0 radical (unpaired) electrons. The fraction of sp³-hybridized carbons (Fsp3) is 1.00. The number of rotatable bonds is 3. The summed E-state index contributed by atoms with van der Waals surface area (Å²) in [5.41, 5.74) is 0. The van der Waals surface area contributed by atoms with Crippen molar-refractivity contribution < 1.29 is 0 Å². The van der Waals surface area contributed by atoms with Crippen LogP contribution in [0.5, 0.6) is 0 Å². The van der Waals surface area contributed by atoms with Gasteiger partial charge in [-0.15, -0.1) is 0 Å². The highest BCUT2D eigenvalue weighted by Gasteiger charge is 2.24. The van der Waals surface area contributed by atoms with E-state index in [1.807, 2.05) is 0 Å². The van der Waals surface area contributed by atoms with Crippen molar-refractivity contribution in [3.8, 4) is 0 Å². The van der Waals surface area contributed by atoms with Gasteiger partial charge in [0.15, 0.2) is 0 Å². The molecule has 0 heterocycles. The molecule has 0 amide bonds. The smallest absolute Gasteiger partial charge is 0.0224 e. The lowest BCUT2D eigenvalue weighted by Gasteiger charge is -2.30. The van der Waals surface area contributed by atoms with Crippen molar-refractivity contribution in [1.82, 2.24) is 5.32 Å². The highest BCUT2D eigenvalue weighted by atomic mass is 32.1. The molecule has 0 aromatic heterocycles. The van der Waals surface area contributed by atoms with Gasteiger partial charge in [-0.1, -0.05) is 12.8 Å². The summed E-state index contributed by atoms with van der Waals surface area (Å²) in [5.74, 6) is 0. The van der Waals surface area contributed by atoms with E-state index in [4.69, 9.17) is 0 Å². The first-order chi connectivity index (χ1) is 5.50. The molecular formula is C10H21NS. The summed E-state index contributed by atoms with van der Waals surface area (Å²) in [7, 11) is 0. The van der Waals surface area contributed by atoms with Gasteiger partial charge in [-0.3, -0.25) is 0 Å². The van der Waals surface area contributed by atoms with E-state index in [1.165, 1.54) is 25.7 Å². The molecular weight excluding hydrogens is 166 g/mol. The molecule has 0 aliphatic heterocycles. The molecule has 0 aromatic carbocycles. The minimum absolute atomic E-state index is 0.0998. The maximum atomic E-state index is 4.56. The van der Waals surface area contributed by atoms with Crippen LogP contribution < -0.4 is 5.32 Å². The van der Waals surface area contributed by atoms with E-state index in [-0.39, 0.29) is 4.75 Å². The number of nitrogens with one attached hydrogen (secondary N) is 1. The molecule has 1 aliphatic carbocycles. The summed E-state index contributed by atoms with van der Waals surface area (Å²) in [4.78, 5) is 0. The van der Waals surface area contributed by atoms with Crippen LogP contribution in [0.3, 0.4) is 0 Å². The number of hydrogen-bond acceptors (Lipinski definition) is 2. The Balaban J connectivity index is 2.30. The van der Waals surface area contributed by atoms with Gasteiger partial charge < -0.3 is 5.32 Å². The van der Waals surface area contributed by atoms with Crippen molar-refractivity contribution in [2.24, 2.45) is 0 Å². The van der Waals surface area contributed by atoms with Crippen molar-refractivity contribution in [1.29, 1.82) is 0 Å². The van der Waals surface area contributed by atoms with Gasteiger partial charge in [-0.25, -0.2) is 0 Å². The minimum Gasteiger partial charge on any atom is -0.310 e. The summed E-state index contributed by atoms with van der Waals surface area (Å²) in [6.07, 6.45) is 5.51. The molecule has 0 spiro atoms. The first-order valence-corrected chi connectivity index (χ1v) is 5.43. The highest BCUT2D eigenvalue weighted by molar-refractivity contribution is 7.81. The van der Waals surface area contributed by atoms with Crippen LogP contribution in [0.1, 0.15) is 46.5 Å². The Labute approximate surface area is 81.7 Å². The maximum Gasteiger partial charge on any atom is 0.0224 e. The first-order valence-electron chi connectivity index (χ1n) is 4.98. The van der Waals surface area contributed by atoms with Crippen LogP contribution in [0, 0.1) is 0 Å². The van der Waals surface area contributed by atoms with Crippen LogP contribution >= 0.6 is 12.6 Å². The average molecular weight is 187 g/mol. The van der Waals surface area contributed by atoms with E-state index >= 15 is 0 Å². The highest BCUT2D eigenvalue weighted by Crippen LogP contribution is 2.22. The Hall–Kier alpha value is 0.310. The summed E-state index contributed by atoms with van der Waals surface area (Å²) in [6.45, 7) is 6.57. The Morgan fingerprint density at radius 2 is 1.83 bits per heavy atom. The quantitative estimate of drug-likeness (QED) is 0.647. The molecule has 2 heteroatoms. The Morgan fingerprint density at radius 1 is 1.33 bits per heavy atom. The zero-order valence-electron chi connectivity index (χ0n) is 8.43. The summed E-state index contributed by atoms with van der Waals surface area (Å²) >= 11 is 4.56. The molecule has 1 nitrogen and oxygen atoms in total. The van der Waals surface area contributed by atoms with E-state index in [0.29, 0.717) is 6.04 Å². The molecule has 1 aliphatic rings. The fourth-order valence-electron chi connectivity index (χ4n) is 1.65. The third-order valence-corrected chi connectivity index (χ3v) is 3.29. The second-order valence-electron chi connectivity index (χ2n) is 4.52. The van der Waals surface area contributed by atoms with Crippen LogP contribution in [-0.4, -0.2) is 16.8 Å². The molecule has 0 saturated heterocycles. The monoisotopic (exact) mass is 187 g/mol. The van der Waals surface area contributed by atoms with Gasteiger partial charge in [-0.2, -0.15) is 12.6 Å². The normalized spacial score (nSPS) is 23.0. The summed E-state index contributed by atoms with van der Waals surface area (Å²) in [5, 5.41) is 3.64.